The highest BCUT2D eigenvalue weighted by Gasteiger charge is 2.55. The molecule has 0 aromatic carbocycles. The molecule has 3 atom stereocenters. The Morgan fingerprint density at radius 1 is 1.12 bits per heavy atom. The molecule has 0 radical (unpaired) electrons. The maximum Gasteiger partial charge on any atom is 0.254 e. The molecule has 0 spiro atoms. The average Bonchev–Trinajstić information content (AvgIpc) is 3.48. The van der Waals surface area contributed by atoms with Crippen LogP contribution in [0.1, 0.15) is 92.6 Å². The van der Waals surface area contributed by atoms with Crippen molar-refractivity contribution in [2.45, 2.75) is 94.3 Å². The third-order valence-corrected chi connectivity index (χ3v) is 8.86. The van der Waals surface area contributed by atoms with Crippen molar-refractivity contribution in [3.8, 4) is 0 Å². The molecular weight excluding hydrogens is 404 g/mol. The van der Waals surface area contributed by atoms with Crippen LogP contribution in [0.15, 0.2) is 6.20 Å². The summed E-state index contributed by atoms with van der Waals surface area (Å²) >= 11 is 0. The molecule has 5 aliphatic carbocycles. The SMILES string of the molecule is O=C(NC1C2CC3CC1CC(O)(C3)C2)c1cnc(NC[C@@H]2CCCO2)nc1C1CCCC1. The zero-order chi connectivity index (χ0) is 21.7. The summed E-state index contributed by atoms with van der Waals surface area (Å²) in [5, 5.41) is 17.6. The number of rotatable bonds is 6. The van der Waals surface area contributed by atoms with Gasteiger partial charge in [0.1, 0.15) is 0 Å². The van der Waals surface area contributed by atoms with Crippen molar-refractivity contribution in [3.05, 3.63) is 17.5 Å². The van der Waals surface area contributed by atoms with Gasteiger partial charge in [0.15, 0.2) is 0 Å². The first kappa shape index (κ1) is 20.8. The molecule has 4 bridgehead atoms. The predicted octanol–water partition coefficient (Wildman–Crippen LogP) is 3.39. The standard InChI is InChI=1S/C25H36N4O3/c30-23(28-21-17-8-15-9-18(21)12-25(31,10-15)11-17)20-14-27-24(26-13-19-6-3-7-32-19)29-22(20)16-4-1-2-5-16/h14-19,21,31H,1-13H2,(H,28,30)(H,26,27,29)/t15?,17?,18?,19-,21?,25?/m0/s1. The summed E-state index contributed by atoms with van der Waals surface area (Å²) in [5.74, 6) is 2.35. The minimum Gasteiger partial charge on any atom is -0.390 e. The van der Waals surface area contributed by atoms with Gasteiger partial charge < -0.3 is 20.5 Å². The lowest BCUT2D eigenvalue weighted by Crippen LogP contribution is -2.61. The van der Waals surface area contributed by atoms with Crippen LogP contribution in [-0.2, 0) is 4.74 Å². The molecule has 7 rings (SSSR count). The Balaban J connectivity index is 1.19. The van der Waals surface area contributed by atoms with Gasteiger partial charge in [-0.2, -0.15) is 0 Å². The van der Waals surface area contributed by atoms with Crippen LogP contribution in [0, 0.1) is 17.8 Å². The number of hydrogen-bond donors (Lipinski definition) is 3. The maximum atomic E-state index is 13.5. The molecule has 1 aliphatic heterocycles. The van der Waals surface area contributed by atoms with Gasteiger partial charge in [-0.3, -0.25) is 4.79 Å². The largest absolute Gasteiger partial charge is 0.390 e. The Kier molecular flexibility index (Phi) is 5.37. The van der Waals surface area contributed by atoms with Gasteiger partial charge in [0.2, 0.25) is 5.95 Å². The van der Waals surface area contributed by atoms with Crippen molar-refractivity contribution in [1.29, 1.82) is 0 Å². The van der Waals surface area contributed by atoms with Gasteiger partial charge >= 0.3 is 0 Å². The highest BCUT2D eigenvalue weighted by atomic mass is 16.5. The van der Waals surface area contributed by atoms with E-state index in [9.17, 15) is 9.90 Å². The van der Waals surface area contributed by atoms with Crippen LogP contribution in [-0.4, -0.2) is 51.9 Å². The predicted molar refractivity (Wildman–Crippen MR) is 120 cm³/mol. The van der Waals surface area contributed by atoms with E-state index >= 15 is 0 Å². The number of nitrogens with one attached hydrogen (secondary N) is 2. The quantitative estimate of drug-likeness (QED) is 0.627. The van der Waals surface area contributed by atoms with Crippen LogP contribution in [0.3, 0.4) is 0 Å². The fraction of sp³-hybridized carbons (Fsp3) is 0.800. The summed E-state index contributed by atoms with van der Waals surface area (Å²) in [7, 11) is 0. The van der Waals surface area contributed by atoms with Crippen molar-refractivity contribution in [2.24, 2.45) is 17.8 Å². The molecule has 6 aliphatic rings. The van der Waals surface area contributed by atoms with Crippen LogP contribution in [0.25, 0.3) is 0 Å². The second kappa shape index (κ2) is 8.24. The highest BCUT2D eigenvalue weighted by Crippen LogP contribution is 2.55. The molecule has 5 saturated carbocycles. The molecule has 32 heavy (non-hydrogen) atoms. The molecule has 1 amide bonds. The van der Waals surface area contributed by atoms with Crippen molar-refractivity contribution >= 4 is 11.9 Å². The Morgan fingerprint density at radius 3 is 2.59 bits per heavy atom. The number of carbonyl (C=O) groups excluding carboxylic acids is 1. The lowest BCUT2D eigenvalue weighted by molar-refractivity contribution is -0.136. The zero-order valence-electron chi connectivity index (χ0n) is 18.9. The minimum atomic E-state index is -0.480. The Bertz CT molecular complexity index is 849. The van der Waals surface area contributed by atoms with Gasteiger partial charge in [-0.1, -0.05) is 12.8 Å². The second-order valence-corrected chi connectivity index (χ2v) is 11.2. The summed E-state index contributed by atoms with van der Waals surface area (Å²) in [6.07, 6.45) is 13.6. The first-order chi connectivity index (χ1) is 15.6. The first-order valence-electron chi connectivity index (χ1n) is 12.8. The molecule has 6 fully saturated rings. The third kappa shape index (κ3) is 3.92. The number of hydrogen-bond acceptors (Lipinski definition) is 6. The Morgan fingerprint density at radius 2 is 1.91 bits per heavy atom. The number of anilines is 1. The van der Waals surface area contributed by atoms with Gasteiger partial charge in [0.05, 0.1) is 23.0 Å². The first-order valence-corrected chi connectivity index (χ1v) is 12.8. The van der Waals surface area contributed by atoms with Crippen molar-refractivity contribution in [3.63, 3.8) is 0 Å². The maximum absolute atomic E-state index is 13.5. The van der Waals surface area contributed by atoms with Gasteiger partial charge in [-0.25, -0.2) is 9.97 Å². The van der Waals surface area contributed by atoms with Gasteiger partial charge in [0.25, 0.3) is 5.91 Å². The van der Waals surface area contributed by atoms with Crippen molar-refractivity contribution < 1.29 is 14.6 Å². The van der Waals surface area contributed by atoms with Crippen LogP contribution < -0.4 is 10.6 Å². The van der Waals surface area contributed by atoms with E-state index in [0.29, 0.717) is 41.7 Å². The van der Waals surface area contributed by atoms with E-state index in [2.05, 4.69) is 15.6 Å². The smallest absolute Gasteiger partial charge is 0.254 e. The summed E-state index contributed by atoms with van der Waals surface area (Å²) in [5.41, 5.74) is 1.08. The number of aliphatic hydroxyl groups is 1. The van der Waals surface area contributed by atoms with Crippen molar-refractivity contribution in [1.82, 2.24) is 15.3 Å². The number of ether oxygens (including phenoxy) is 1. The molecule has 7 heteroatoms. The summed E-state index contributed by atoms with van der Waals surface area (Å²) in [6, 6.07) is 0.174. The molecule has 1 saturated heterocycles. The lowest BCUT2D eigenvalue weighted by Gasteiger charge is -2.58. The molecule has 1 aromatic heterocycles. The van der Waals surface area contributed by atoms with Crippen molar-refractivity contribution in [2.75, 3.05) is 18.5 Å². The number of nitrogens with zero attached hydrogens (tertiary/aromatic N) is 2. The summed E-state index contributed by atoms with van der Waals surface area (Å²) < 4.78 is 5.71. The highest BCUT2D eigenvalue weighted by molar-refractivity contribution is 5.95. The second-order valence-electron chi connectivity index (χ2n) is 11.2. The van der Waals surface area contributed by atoms with E-state index in [1.54, 1.807) is 6.20 Å². The third-order valence-electron chi connectivity index (χ3n) is 8.86. The van der Waals surface area contributed by atoms with E-state index in [-0.39, 0.29) is 18.1 Å². The molecule has 2 heterocycles. The van der Waals surface area contributed by atoms with E-state index < -0.39 is 5.60 Å². The summed E-state index contributed by atoms with van der Waals surface area (Å²) in [4.78, 5) is 22.8. The normalized spacial score (nSPS) is 38.3. The lowest BCUT2D eigenvalue weighted by atomic mass is 9.52. The van der Waals surface area contributed by atoms with Crippen LogP contribution in [0.5, 0.6) is 0 Å². The van der Waals surface area contributed by atoms with Crippen LogP contribution in [0.2, 0.25) is 0 Å². The number of carbonyl (C=O) groups is 1. The summed E-state index contributed by atoms with van der Waals surface area (Å²) in [6.45, 7) is 1.55. The topological polar surface area (TPSA) is 96.4 Å². The fourth-order valence-corrected chi connectivity index (χ4v) is 7.62. The van der Waals surface area contributed by atoms with E-state index in [4.69, 9.17) is 9.72 Å². The van der Waals surface area contributed by atoms with E-state index in [0.717, 1.165) is 70.1 Å². The molecular formula is C25H36N4O3. The van der Waals surface area contributed by atoms with Crippen LogP contribution in [0.4, 0.5) is 5.95 Å². The molecule has 7 nitrogen and oxygen atoms in total. The van der Waals surface area contributed by atoms with Gasteiger partial charge in [0, 0.05) is 31.3 Å². The average molecular weight is 441 g/mol. The number of amides is 1. The van der Waals surface area contributed by atoms with Gasteiger partial charge in [-0.05, 0) is 75.5 Å². The van der Waals surface area contributed by atoms with E-state index in [1.807, 2.05) is 0 Å². The Labute approximate surface area is 190 Å². The zero-order valence-corrected chi connectivity index (χ0v) is 18.9. The van der Waals surface area contributed by atoms with Crippen LogP contribution >= 0.6 is 0 Å². The Hall–Kier alpha value is -1.73. The number of aromatic nitrogens is 2. The minimum absolute atomic E-state index is 0.0259. The molecule has 1 aromatic rings. The molecule has 3 N–H and O–H groups in total. The fourth-order valence-electron chi connectivity index (χ4n) is 7.62. The van der Waals surface area contributed by atoms with Gasteiger partial charge in [-0.15, -0.1) is 0 Å². The van der Waals surface area contributed by atoms with E-state index in [1.165, 1.54) is 12.8 Å². The molecule has 2 unspecified atom stereocenters. The monoisotopic (exact) mass is 440 g/mol. The molecule has 174 valence electrons.